The molecule has 0 aliphatic heterocycles. The largest absolute Gasteiger partial charge is 0.435 e. The average molecular weight is 354 g/mol. The first kappa shape index (κ1) is 16.7. The zero-order chi connectivity index (χ0) is 18.5. The number of anilines is 2. The molecule has 5 nitrogen and oxygen atoms in total. The van der Waals surface area contributed by atoms with Crippen molar-refractivity contribution < 1.29 is 4.42 Å². The standard InChI is InChI=1S/C22H18N4O/c1-16-12-13-23-21(14-16)26-20-9-5-8-18(25-20)19-15-24-22(27-19)11-10-17-6-3-2-4-7-17/h2-15H,1H3,(H,23,25,26). The third-order valence-corrected chi connectivity index (χ3v) is 3.91. The van der Waals surface area contributed by atoms with E-state index in [2.05, 4.69) is 20.3 Å². The van der Waals surface area contributed by atoms with Gasteiger partial charge >= 0.3 is 0 Å². The topological polar surface area (TPSA) is 63.8 Å². The molecule has 0 atom stereocenters. The molecule has 0 aliphatic rings. The molecule has 1 aromatic carbocycles. The molecule has 0 spiro atoms. The van der Waals surface area contributed by atoms with Crippen LogP contribution in [0.1, 0.15) is 17.0 Å². The summed E-state index contributed by atoms with van der Waals surface area (Å²) in [4.78, 5) is 13.2. The predicted octanol–water partition coefficient (Wildman–Crippen LogP) is 5.35. The Labute approximate surface area is 157 Å². The second kappa shape index (κ2) is 7.66. The molecule has 5 heteroatoms. The fraction of sp³-hybridized carbons (Fsp3) is 0.0455. The first-order valence-electron chi connectivity index (χ1n) is 8.62. The first-order valence-corrected chi connectivity index (χ1v) is 8.62. The number of hydrogen-bond donors (Lipinski definition) is 1. The number of pyridine rings is 2. The molecular formula is C22H18N4O. The number of benzene rings is 1. The van der Waals surface area contributed by atoms with Gasteiger partial charge in [-0.3, -0.25) is 0 Å². The minimum atomic E-state index is 0.536. The summed E-state index contributed by atoms with van der Waals surface area (Å²) in [5.74, 6) is 2.60. The lowest BCUT2D eigenvalue weighted by molar-refractivity contribution is 0.558. The number of rotatable bonds is 5. The quantitative estimate of drug-likeness (QED) is 0.523. The molecular weight excluding hydrogens is 336 g/mol. The Morgan fingerprint density at radius 1 is 0.889 bits per heavy atom. The highest BCUT2D eigenvalue weighted by molar-refractivity contribution is 5.67. The van der Waals surface area contributed by atoms with Gasteiger partial charge in [-0.15, -0.1) is 0 Å². The minimum Gasteiger partial charge on any atom is -0.435 e. The van der Waals surface area contributed by atoms with Crippen LogP contribution >= 0.6 is 0 Å². The Kier molecular flexibility index (Phi) is 4.74. The number of nitrogens with zero attached hydrogens (tertiary/aromatic N) is 3. The van der Waals surface area contributed by atoms with Crippen molar-refractivity contribution in [1.82, 2.24) is 15.0 Å². The smallest absolute Gasteiger partial charge is 0.219 e. The van der Waals surface area contributed by atoms with Gasteiger partial charge in [-0.1, -0.05) is 36.4 Å². The summed E-state index contributed by atoms with van der Waals surface area (Å²) in [5, 5.41) is 3.21. The Morgan fingerprint density at radius 2 is 1.78 bits per heavy atom. The fourth-order valence-corrected chi connectivity index (χ4v) is 2.59. The molecule has 0 aliphatic carbocycles. The molecule has 132 valence electrons. The molecule has 3 heterocycles. The van der Waals surface area contributed by atoms with Crippen LogP contribution in [0.2, 0.25) is 0 Å². The van der Waals surface area contributed by atoms with E-state index in [0.717, 1.165) is 16.9 Å². The summed E-state index contributed by atoms with van der Waals surface area (Å²) in [7, 11) is 0. The molecule has 0 unspecified atom stereocenters. The van der Waals surface area contributed by atoms with E-state index in [-0.39, 0.29) is 0 Å². The van der Waals surface area contributed by atoms with Crippen LogP contribution in [0.25, 0.3) is 23.6 Å². The molecule has 0 bridgehead atoms. The number of aromatic nitrogens is 3. The van der Waals surface area contributed by atoms with Crippen molar-refractivity contribution in [2.24, 2.45) is 0 Å². The Morgan fingerprint density at radius 3 is 2.63 bits per heavy atom. The van der Waals surface area contributed by atoms with Gasteiger partial charge in [0.2, 0.25) is 5.89 Å². The number of hydrogen-bond acceptors (Lipinski definition) is 5. The summed E-state index contributed by atoms with van der Waals surface area (Å²) in [6.45, 7) is 2.02. The van der Waals surface area contributed by atoms with Crippen LogP contribution in [-0.4, -0.2) is 15.0 Å². The van der Waals surface area contributed by atoms with Crippen molar-refractivity contribution in [2.45, 2.75) is 6.92 Å². The van der Waals surface area contributed by atoms with Gasteiger partial charge in [-0.25, -0.2) is 15.0 Å². The summed E-state index contributed by atoms with van der Waals surface area (Å²) in [6.07, 6.45) is 7.26. The second-order valence-corrected chi connectivity index (χ2v) is 6.06. The van der Waals surface area contributed by atoms with E-state index in [4.69, 9.17) is 4.42 Å². The summed E-state index contributed by atoms with van der Waals surface area (Å²) in [6, 6.07) is 19.6. The lowest BCUT2D eigenvalue weighted by Gasteiger charge is -2.06. The molecule has 0 radical (unpaired) electrons. The van der Waals surface area contributed by atoms with Crippen molar-refractivity contribution in [3.05, 3.63) is 90.1 Å². The second-order valence-electron chi connectivity index (χ2n) is 6.06. The van der Waals surface area contributed by atoms with Crippen molar-refractivity contribution >= 4 is 23.8 Å². The summed E-state index contributed by atoms with van der Waals surface area (Å²) < 4.78 is 5.81. The maximum atomic E-state index is 5.81. The molecule has 27 heavy (non-hydrogen) atoms. The van der Waals surface area contributed by atoms with Gasteiger partial charge in [-0.2, -0.15) is 0 Å². The molecule has 0 fully saturated rings. The van der Waals surface area contributed by atoms with Crippen LogP contribution in [-0.2, 0) is 0 Å². The number of oxazole rings is 1. The van der Waals surface area contributed by atoms with E-state index in [1.165, 1.54) is 0 Å². The molecule has 0 amide bonds. The van der Waals surface area contributed by atoms with E-state index < -0.39 is 0 Å². The van der Waals surface area contributed by atoms with E-state index in [1.54, 1.807) is 12.4 Å². The Balaban J connectivity index is 1.52. The van der Waals surface area contributed by atoms with Crippen molar-refractivity contribution in [3.63, 3.8) is 0 Å². The highest BCUT2D eigenvalue weighted by atomic mass is 16.4. The molecule has 4 rings (SSSR count). The highest BCUT2D eigenvalue weighted by Crippen LogP contribution is 2.22. The normalized spacial score (nSPS) is 11.0. The van der Waals surface area contributed by atoms with Crippen LogP contribution in [0.5, 0.6) is 0 Å². The maximum Gasteiger partial charge on any atom is 0.219 e. The third kappa shape index (κ3) is 4.27. The Hall–Kier alpha value is -3.73. The summed E-state index contributed by atoms with van der Waals surface area (Å²) in [5.41, 5.74) is 2.93. The SMILES string of the molecule is Cc1ccnc(Nc2cccc(-c3cnc(C=Cc4ccccc4)o3)n2)c1. The van der Waals surface area contributed by atoms with E-state index in [1.807, 2.05) is 79.7 Å². The first-order chi connectivity index (χ1) is 13.3. The third-order valence-electron chi connectivity index (χ3n) is 3.91. The van der Waals surface area contributed by atoms with E-state index >= 15 is 0 Å². The zero-order valence-corrected chi connectivity index (χ0v) is 14.8. The van der Waals surface area contributed by atoms with Crippen molar-refractivity contribution in [2.75, 3.05) is 5.32 Å². The Bertz CT molecular complexity index is 1070. The molecule has 4 aromatic rings. The fourth-order valence-electron chi connectivity index (χ4n) is 2.59. The lowest BCUT2D eigenvalue weighted by atomic mass is 10.2. The predicted molar refractivity (Wildman–Crippen MR) is 107 cm³/mol. The van der Waals surface area contributed by atoms with E-state index in [9.17, 15) is 0 Å². The van der Waals surface area contributed by atoms with Crippen molar-refractivity contribution in [3.8, 4) is 11.5 Å². The van der Waals surface area contributed by atoms with Crippen LogP contribution in [0.15, 0.2) is 77.5 Å². The van der Waals surface area contributed by atoms with Crippen LogP contribution in [0.4, 0.5) is 11.6 Å². The number of nitrogens with one attached hydrogen (secondary N) is 1. The lowest BCUT2D eigenvalue weighted by Crippen LogP contribution is -1.96. The molecule has 3 aromatic heterocycles. The van der Waals surface area contributed by atoms with E-state index in [0.29, 0.717) is 23.2 Å². The van der Waals surface area contributed by atoms with Gasteiger partial charge in [0, 0.05) is 12.3 Å². The van der Waals surface area contributed by atoms with Gasteiger partial charge < -0.3 is 9.73 Å². The monoisotopic (exact) mass is 354 g/mol. The molecule has 1 N–H and O–H groups in total. The van der Waals surface area contributed by atoms with Gasteiger partial charge in [0.25, 0.3) is 0 Å². The van der Waals surface area contributed by atoms with Gasteiger partial charge in [0.05, 0.1) is 6.20 Å². The summed E-state index contributed by atoms with van der Waals surface area (Å²) >= 11 is 0. The average Bonchev–Trinajstić information content (AvgIpc) is 3.17. The van der Waals surface area contributed by atoms with Crippen LogP contribution in [0.3, 0.4) is 0 Å². The molecule has 0 saturated heterocycles. The highest BCUT2D eigenvalue weighted by Gasteiger charge is 2.07. The van der Waals surface area contributed by atoms with Crippen LogP contribution in [0, 0.1) is 6.92 Å². The van der Waals surface area contributed by atoms with Crippen LogP contribution < -0.4 is 5.32 Å². The minimum absolute atomic E-state index is 0.536. The molecule has 0 saturated carbocycles. The van der Waals surface area contributed by atoms with Gasteiger partial charge in [0.15, 0.2) is 5.76 Å². The van der Waals surface area contributed by atoms with Gasteiger partial charge in [-0.05, 0) is 48.4 Å². The maximum absolute atomic E-state index is 5.81. The van der Waals surface area contributed by atoms with Gasteiger partial charge in [0.1, 0.15) is 17.3 Å². The number of aryl methyl sites for hydroxylation is 1. The zero-order valence-electron chi connectivity index (χ0n) is 14.8. The van der Waals surface area contributed by atoms with Crippen molar-refractivity contribution in [1.29, 1.82) is 0 Å².